The molecule has 19 heavy (non-hydrogen) atoms. The van der Waals surface area contributed by atoms with E-state index in [0.717, 1.165) is 11.3 Å². The molecule has 0 spiro atoms. The third-order valence-electron chi connectivity index (χ3n) is 2.66. The summed E-state index contributed by atoms with van der Waals surface area (Å²) in [5.74, 6) is -0.0123. The topological polar surface area (TPSA) is 78.8 Å². The Morgan fingerprint density at radius 1 is 1.37 bits per heavy atom. The van der Waals surface area contributed by atoms with Crippen molar-refractivity contribution in [3.63, 3.8) is 0 Å². The van der Waals surface area contributed by atoms with Crippen LogP contribution in [0.1, 0.15) is 31.4 Å². The smallest absolute Gasteiger partial charge is 0.303 e. The lowest BCUT2D eigenvalue weighted by Gasteiger charge is -2.12. The molecule has 5 heteroatoms. The van der Waals surface area contributed by atoms with Gasteiger partial charge in [0.05, 0.1) is 12.7 Å². The molecule has 5 nitrogen and oxygen atoms in total. The monoisotopic (exact) mass is 267 g/mol. The molecule has 1 atom stereocenters. The molecule has 0 fully saturated rings. The fraction of sp³-hybridized carbons (Fsp3) is 0.500. The first-order valence-corrected chi connectivity index (χ1v) is 6.46. The van der Waals surface area contributed by atoms with Gasteiger partial charge in [-0.15, -0.1) is 0 Å². The summed E-state index contributed by atoms with van der Waals surface area (Å²) in [6.07, 6.45) is 0.109. The van der Waals surface area contributed by atoms with Gasteiger partial charge in [-0.1, -0.05) is 12.1 Å². The fourth-order valence-electron chi connectivity index (χ4n) is 1.67. The van der Waals surface area contributed by atoms with Crippen molar-refractivity contribution in [2.24, 2.45) is 0 Å². The zero-order valence-electron chi connectivity index (χ0n) is 11.1. The Balaban J connectivity index is 2.28. The normalized spacial score (nSPS) is 12.1. The van der Waals surface area contributed by atoms with Gasteiger partial charge in [0, 0.05) is 13.0 Å². The second-order valence-corrected chi connectivity index (χ2v) is 4.22. The molecule has 0 amide bonds. The van der Waals surface area contributed by atoms with Crippen molar-refractivity contribution in [3.8, 4) is 5.75 Å². The first kappa shape index (κ1) is 15.5. The van der Waals surface area contributed by atoms with Crippen LogP contribution in [0.3, 0.4) is 0 Å². The number of aliphatic hydroxyl groups excluding tert-OH is 1. The average molecular weight is 267 g/mol. The zero-order chi connectivity index (χ0) is 14.1. The molecule has 0 bridgehead atoms. The largest absolute Gasteiger partial charge is 0.494 e. The minimum absolute atomic E-state index is 0.145. The Bertz CT molecular complexity index is 378. The van der Waals surface area contributed by atoms with Crippen molar-refractivity contribution in [2.45, 2.75) is 25.9 Å². The molecule has 0 aliphatic rings. The third kappa shape index (κ3) is 6.22. The van der Waals surface area contributed by atoms with Gasteiger partial charge in [0.15, 0.2) is 0 Å². The second-order valence-electron chi connectivity index (χ2n) is 4.22. The Labute approximate surface area is 113 Å². The number of aliphatic hydroxyl groups is 1. The molecular formula is C14H21NO4. The van der Waals surface area contributed by atoms with Gasteiger partial charge in [-0.05, 0) is 37.6 Å². The highest BCUT2D eigenvalue weighted by Gasteiger charge is 2.07. The summed E-state index contributed by atoms with van der Waals surface area (Å²) >= 11 is 0. The molecule has 0 aliphatic heterocycles. The second kappa shape index (κ2) is 8.50. The summed E-state index contributed by atoms with van der Waals surface area (Å²) in [6, 6.07) is 7.31. The number of rotatable bonds is 9. The van der Waals surface area contributed by atoms with Gasteiger partial charge < -0.3 is 20.3 Å². The molecular weight excluding hydrogens is 246 g/mol. The summed E-state index contributed by atoms with van der Waals surface area (Å²) in [5, 5.41) is 21.4. The lowest BCUT2D eigenvalue weighted by atomic mass is 10.1. The first-order valence-electron chi connectivity index (χ1n) is 6.46. The van der Waals surface area contributed by atoms with Crippen molar-refractivity contribution < 1.29 is 19.7 Å². The van der Waals surface area contributed by atoms with E-state index >= 15 is 0 Å². The summed E-state index contributed by atoms with van der Waals surface area (Å²) in [7, 11) is 0. The molecule has 0 radical (unpaired) electrons. The molecule has 3 N–H and O–H groups in total. The number of aliphatic carboxylic acids is 1. The van der Waals surface area contributed by atoms with Gasteiger partial charge in [-0.25, -0.2) is 0 Å². The Morgan fingerprint density at radius 3 is 2.63 bits per heavy atom. The van der Waals surface area contributed by atoms with E-state index in [1.54, 1.807) is 0 Å². The predicted octanol–water partition coefficient (Wildman–Crippen LogP) is 1.57. The summed E-state index contributed by atoms with van der Waals surface area (Å²) in [6.45, 7) is 3.53. The van der Waals surface area contributed by atoms with E-state index < -0.39 is 12.1 Å². The number of nitrogens with one attached hydrogen (secondary N) is 1. The average Bonchev–Trinajstić information content (AvgIpc) is 2.39. The molecule has 0 aliphatic carbocycles. The molecule has 1 unspecified atom stereocenters. The predicted molar refractivity (Wildman–Crippen MR) is 72.3 cm³/mol. The molecule has 0 aromatic heterocycles. The molecule has 1 aromatic rings. The first-order chi connectivity index (χ1) is 9.13. The maximum Gasteiger partial charge on any atom is 0.303 e. The van der Waals surface area contributed by atoms with Gasteiger partial charge in [0.1, 0.15) is 5.75 Å². The van der Waals surface area contributed by atoms with Crippen LogP contribution in [0.5, 0.6) is 5.75 Å². The third-order valence-corrected chi connectivity index (χ3v) is 2.66. The van der Waals surface area contributed by atoms with Gasteiger partial charge in [0.25, 0.3) is 0 Å². The molecule has 0 saturated heterocycles. The quantitative estimate of drug-likeness (QED) is 0.592. The molecule has 106 valence electrons. The number of hydrogen-bond donors (Lipinski definition) is 3. The van der Waals surface area contributed by atoms with E-state index in [9.17, 15) is 9.90 Å². The lowest BCUT2D eigenvalue weighted by Crippen LogP contribution is -2.23. The van der Waals surface area contributed by atoms with Gasteiger partial charge in [-0.3, -0.25) is 4.79 Å². The maximum absolute atomic E-state index is 10.3. The fourth-order valence-corrected chi connectivity index (χ4v) is 1.67. The van der Waals surface area contributed by atoms with Gasteiger partial charge in [0.2, 0.25) is 0 Å². The summed E-state index contributed by atoms with van der Waals surface area (Å²) in [4.78, 5) is 10.3. The van der Waals surface area contributed by atoms with Crippen molar-refractivity contribution in [1.82, 2.24) is 5.32 Å². The van der Waals surface area contributed by atoms with E-state index in [2.05, 4.69) is 5.32 Å². The zero-order valence-corrected chi connectivity index (χ0v) is 11.1. The van der Waals surface area contributed by atoms with E-state index in [1.165, 1.54) is 0 Å². The Kier molecular flexibility index (Phi) is 6.92. The van der Waals surface area contributed by atoms with Gasteiger partial charge >= 0.3 is 5.97 Å². The minimum Gasteiger partial charge on any atom is -0.494 e. The van der Waals surface area contributed by atoms with Crippen molar-refractivity contribution in [2.75, 3.05) is 19.7 Å². The highest BCUT2D eigenvalue weighted by atomic mass is 16.5. The Hall–Kier alpha value is -1.59. The number of benzene rings is 1. The van der Waals surface area contributed by atoms with Crippen LogP contribution in [0.15, 0.2) is 24.3 Å². The van der Waals surface area contributed by atoms with E-state index in [1.807, 2.05) is 31.2 Å². The van der Waals surface area contributed by atoms with E-state index in [-0.39, 0.29) is 6.42 Å². The number of hydrogen-bond acceptors (Lipinski definition) is 4. The standard InChI is InChI=1S/C14H21NO4/c1-2-19-12-7-5-11(6-8-12)13(16)10-15-9-3-4-14(17)18/h5-8,13,15-16H,2-4,9-10H2,1H3,(H,17,18). The van der Waals surface area contributed by atoms with Crippen LogP contribution in [-0.2, 0) is 4.79 Å². The Morgan fingerprint density at radius 2 is 2.05 bits per heavy atom. The SMILES string of the molecule is CCOc1ccc(C(O)CNCCCC(=O)O)cc1. The number of carbonyl (C=O) groups is 1. The number of carboxylic acid groups (broad SMARTS) is 1. The minimum atomic E-state index is -0.797. The van der Waals surface area contributed by atoms with Crippen LogP contribution < -0.4 is 10.1 Å². The van der Waals surface area contributed by atoms with Crippen LogP contribution in [0, 0.1) is 0 Å². The summed E-state index contributed by atoms with van der Waals surface area (Å²) < 4.78 is 5.32. The van der Waals surface area contributed by atoms with Crippen LogP contribution in [-0.4, -0.2) is 35.9 Å². The van der Waals surface area contributed by atoms with Crippen LogP contribution >= 0.6 is 0 Å². The number of carboxylic acids is 1. The lowest BCUT2D eigenvalue weighted by molar-refractivity contribution is -0.137. The summed E-state index contributed by atoms with van der Waals surface area (Å²) in [5.41, 5.74) is 0.814. The van der Waals surface area contributed by atoms with E-state index in [0.29, 0.717) is 26.1 Å². The van der Waals surface area contributed by atoms with Crippen LogP contribution in [0.25, 0.3) is 0 Å². The van der Waals surface area contributed by atoms with Crippen LogP contribution in [0.4, 0.5) is 0 Å². The highest BCUT2D eigenvalue weighted by molar-refractivity contribution is 5.66. The molecule has 1 aromatic carbocycles. The molecule has 0 heterocycles. The number of ether oxygens (including phenoxy) is 1. The van der Waals surface area contributed by atoms with Crippen molar-refractivity contribution in [3.05, 3.63) is 29.8 Å². The molecule has 1 rings (SSSR count). The maximum atomic E-state index is 10.3. The molecule has 0 saturated carbocycles. The van der Waals surface area contributed by atoms with Crippen molar-refractivity contribution in [1.29, 1.82) is 0 Å². The van der Waals surface area contributed by atoms with E-state index in [4.69, 9.17) is 9.84 Å². The van der Waals surface area contributed by atoms with Crippen molar-refractivity contribution >= 4 is 5.97 Å². The van der Waals surface area contributed by atoms with Crippen LogP contribution in [0.2, 0.25) is 0 Å². The highest BCUT2D eigenvalue weighted by Crippen LogP contribution is 2.17. The van der Waals surface area contributed by atoms with Gasteiger partial charge in [-0.2, -0.15) is 0 Å².